The Balaban J connectivity index is 2.49. The van der Waals surface area contributed by atoms with Crippen molar-refractivity contribution in [1.82, 2.24) is 9.19 Å². The molecule has 2 rings (SSSR count). The smallest absolute Gasteiger partial charge is 0.395 e. The van der Waals surface area contributed by atoms with E-state index in [2.05, 4.69) is 5.10 Å². The van der Waals surface area contributed by atoms with Gasteiger partial charge in [0.1, 0.15) is 0 Å². The van der Waals surface area contributed by atoms with Crippen molar-refractivity contribution in [3.8, 4) is 0 Å². The zero-order valence-corrected chi connectivity index (χ0v) is 8.82. The van der Waals surface area contributed by atoms with Crippen LogP contribution >= 0.6 is 11.9 Å². The van der Waals surface area contributed by atoms with Gasteiger partial charge in [-0.25, -0.2) is 4.09 Å². The number of aromatic nitrogens is 2. The van der Waals surface area contributed by atoms with Crippen LogP contribution in [-0.4, -0.2) is 15.4 Å². The minimum atomic E-state index is -4.46. The van der Waals surface area contributed by atoms with E-state index in [1.165, 1.54) is 4.09 Å². The van der Waals surface area contributed by atoms with E-state index < -0.39 is 11.9 Å². The molecule has 15 heavy (non-hydrogen) atoms. The topological polar surface area (TPSA) is 43.8 Å². The van der Waals surface area contributed by atoms with Gasteiger partial charge in [-0.05, 0) is 24.8 Å². The molecule has 84 valence electrons. The third-order valence-electron chi connectivity index (χ3n) is 2.33. The van der Waals surface area contributed by atoms with Gasteiger partial charge in [-0.2, -0.15) is 18.3 Å². The first-order valence-electron chi connectivity index (χ1n) is 4.45. The van der Waals surface area contributed by atoms with Crippen LogP contribution < -0.4 is 5.73 Å². The summed E-state index contributed by atoms with van der Waals surface area (Å²) in [6.07, 6.45) is -0.991. The molecular weight excluding hydrogens is 227 g/mol. The summed E-state index contributed by atoms with van der Waals surface area (Å²) in [5, 5.41) is 3.49. The van der Waals surface area contributed by atoms with Crippen LogP contribution in [0.3, 0.4) is 0 Å². The van der Waals surface area contributed by atoms with Gasteiger partial charge in [0.25, 0.3) is 0 Å². The highest BCUT2D eigenvalue weighted by Gasteiger charge is 2.41. The normalized spacial score (nSPS) is 17.1. The maximum absolute atomic E-state index is 12.5. The zero-order chi connectivity index (χ0) is 11.2. The van der Waals surface area contributed by atoms with Gasteiger partial charge in [0, 0.05) is 12.2 Å². The molecule has 1 aromatic rings. The number of nitrogens with zero attached hydrogens (tertiary/aromatic N) is 2. The van der Waals surface area contributed by atoms with E-state index in [4.69, 9.17) is 5.73 Å². The van der Waals surface area contributed by atoms with Gasteiger partial charge >= 0.3 is 6.18 Å². The Morgan fingerprint density at radius 1 is 1.47 bits per heavy atom. The number of nitrogen functional groups attached to an aromatic ring is 1. The predicted octanol–water partition coefficient (Wildman–Crippen LogP) is 2.49. The van der Waals surface area contributed by atoms with Crippen molar-refractivity contribution in [2.24, 2.45) is 0 Å². The van der Waals surface area contributed by atoms with E-state index in [0.717, 1.165) is 24.8 Å². The van der Waals surface area contributed by atoms with Crippen LogP contribution in [0.5, 0.6) is 0 Å². The lowest BCUT2D eigenvalue weighted by molar-refractivity contribution is -0.140. The van der Waals surface area contributed by atoms with Crippen molar-refractivity contribution in [3.63, 3.8) is 0 Å². The van der Waals surface area contributed by atoms with Crippen molar-refractivity contribution in [1.29, 1.82) is 0 Å². The monoisotopic (exact) mass is 237 g/mol. The van der Waals surface area contributed by atoms with E-state index in [1.54, 1.807) is 6.26 Å². The lowest BCUT2D eigenvalue weighted by atomic mass is 10.2. The van der Waals surface area contributed by atoms with Gasteiger partial charge < -0.3 is 5.73 Å². The third-order valence-corrected chi connectivity index (χ3v) is 2.96. The molecule has 0 unspecified atom stereocenters. The molecular formula is C8H10F3N3S. The predicted molar refractivity (Wildman–Crippen MR) is 52.5 cm³/mol. The number of hydrogen-bond acceptors (Lipinski definition) is 3. The van der Waals surface area contributed by atoms with Crippen LogP contribution in [0.4, 0.5) is 18.9 Å². The molecule has 0 atom stereocenters. The average molecular weight is 237 g/mol. The number of halogens is 3. The highest BCUT2D eigenvalue weighted by Crippen LogP contribution is 2.46. The second kappa shape index (κ2) is 3.33. The molecule has 0 saturated heterocycles. The summed E-state index contributed by atoms with van der Waals surface area (Å²) in [6, 6.07) is 0. The van der Waals surface area contributed by atoms with Gasteiger partial charge in [0.2, 0.25) is 0 Å². The average Bonchev–Trinajstić information content (AvgIpc) is 2.88. The van der Waals surface area contributed by atoms with Crippen molar-refractivity contribution in [2.45, 2.75) is 24.9 Å². The molecule has 1 saturated carbocycles. The van der Waals surface area contributed by atoms with Gasteiger partial charge in [0.15, 0.2) is 5.69 Å². The molecule has 0 aromatic carbocycles. The van der Waals surface area contributed by atoms with Gasteiger partial charge in [-0.15, -0.1) is 0 Å². The largest absolute Gasteiger partial charge is 0.437 e. The van der Waals surface area contributed by atoms with Crippen molar-refractivity contribution in [2.75, 3.05) is 12.0 Å². The Hall–Kier alpha value is -0.850. The Kier molecular flexibility index (Phi) is 2.37. The molecule has 0 bridgehead atoms. The maximum Gasteiger partial charge on any atom is 0.437 e. The summed E-state index contributed by atoms with van der Waals surface area (Å²) in [5.74, 6) is 0.154. The van der Waals surface area contributed by atoms with Gasteiger partial charge in [0.05, 0.1) is 11.4 Å². The Bertz CT molecular complexity index is 381. The summed E-state index contributed by atoms with van der Waals surface area (Å²) in [4.78, 5) is 0. The van der Waals surface area contributed by atoms with Crippen LogP contribution in [0.15, 0.2) is 0 Å². The molecule has 0 radical (unpaired) electrons. The van der Waals surface area contributed by atoms with E-state index in [-0.39, 0.29) is 11.6 Å². The molecule has 0 spiro atoms. The van der Waals surface area contributed by atoms with Crippen molar-refractivity contribution in [3.05, 3.63) is 11.4 Å². The summed E-state index contributed by atoms with van der Waals surface area (Å²) in [7, 11) is 0. The summed E-state index contributed by atoms with van der Waals surface area (Å²) < 4.78 is 38.8. The Labute approximate surface area is 89.0 Å². The highest BCUT2D eigenvalue weighted by molar-refractivity contribution is 7.97. The second-order valence-corrected chi connectivity index (χ2v) is 4.19. The fourth-order valence-corrected chi connectivity index (χ4v) is 2.11. The molecule has 1 aliphatic rings. The first-order valence-corrected chi connectivity index (χ1v) is 5.63. The first-order chi connectivity index (χ1) is 6.95. The molecule has 1 aromatic heterocycles. The standard InChI is InChI=1S/C8H10F3N3S/c1-15-14-6(4-2-3-4)5(12)7(13-14)8(9,10)11/h4H,2-3,12H2,1H3. The van der Waals surface area contributed by atoms with E-state index in [9.17, 15) is 13.2 Å². The molecule has 7 heteroatoms. The number of anilines is 1. The summed E-state index contributed by atoms with van der Waals surface area (Å²) >= 11 is 1.14. The molecule has 2 N–H and O–H groups in total. The Morgan fingerprint density at radius 3 is 2.47 bits per heavy atom. The van der Waals surface area contributed by atoms with Crippen LogP contribution in [0.1, 0.15) is 30.1 Å². The molecule has 1 aliphatic carbocycles. The summed E-state index contributed by atoms with van der Waals surface area (Å²) in [5.41, 5.74) is 4.84. The third kappa shape index (κ3) is 1.80. The highest BCUT2D eigenvalue weighted by atomic mass is 32.2. The van der Waals surface area contributed by atoms with E-state index in [0.29, 0.717) is 5.69 Å². The molecule has 1 heterocycles. The van der Waals surface area contributed by atoms with Crippen molar-refractivity contribution < 1.29 is 13.2 Å². The molecule has 1 fully saturated rings. The number of rotatable bonds is 2. The SMILES string of the molecule is CSn1nc(C(F)(F)F)c(N)c1C1CC1. The molecule has 0 aliphatic heterocycles. The second-order valence-electron chi connectivity index (χ2n) is 3.48. The van der Waals surface area contributed by atoms with Crippen molar-refractivity contribution >= 4 is 17.6 Å². The van der Waals surface area contributed by atoms with E-state index >= 15 is 0 Å². The first kappa shape index (κ1) is 10.7. The fourth-order valence-electron chi connectivity index (χ4n) is 1.50. The molecule has 3 nitrogen and oxygen atoms in total. The van der Waals surface area contributed by atoms with Gasteiger partial charge in [-0.1, -0.05) is 0 Å². The van der Waals surface area contributed by atoms with E-state index in [1.807, 2.05) is 0 Å². The lowest BCUT2D eigenvalue weighted by Crippen LogP contribution is -2.09. The maximum atomic E-state index is 12.5. The number of hydrogen-bond donors (Lipinski definition) is 1. The minimum absolute atomic E-state index is 0.154. The minimum Gasteiger partial charge on any atom is -0.395 e. The lowest BCUT2D eigenvalue weighted by Gasteiger charge is -2.02. The van der Waals surface area contributed by atoms with Crippen LogP contribution in [0.2, 0.25) is 0 Å². The summed E-state index contributed by atoms with van der Waals surface area (Å²) in [6.45, 7) is 0. The Morgan fingerprint density at radius 2 is 2.07 bits per heavy atom. The van der Waals surface area contributed by atoms with Crippen LogP contribution in [0.25, 0.3) is 0 Å². The number of nitrogens with two attached hydrogens (primary N) is 1. The van der Waals surface area contributed by atoms with Crippen LogP contribution in [-0.2, 0) is 6.18 Å². The van der Waals surface area contributed by atoms with Crippen LogP contribution in [0, 0.1) is 0 Å². The number of alkyl halides is 3. The quantitative estimate of drug-likeness (QED) is 0.859. The fraction of sp³-hybridized carbons (Fsp3) is 0.625. The molecule has 0 amide bonds. The zero-order valence-electron chi connectivity index (χ0n) is 8.01. The van der Waals surface area contributed by atoms with Gasteiger partial charge in [-0.3, -0.25) is 0 Å².